The summed E-state index contributed by atoms with van der Waals surface area (Å²) in [6, 6.07) is 10.7. The van der Waals surface area contributed by atoms with Crippen LogP contribution in [-0.4, -0.2) is 11.5 Å². The topological polar surface area (TPSA) is 24.9 Å². The van der Waals surface area contributed by atoms with Crippen LogP contribution in [0.3, 0.4) is 0 Å². The van der Waals surface area contributed by atoms with E-state index in [1.165, 1.54) is 10.4 Å². The van der Waals surface area contributed by atoms with Gasteiger partial charge in [-0.25, -0.2) is 4.98 Å². The molecule has 0 fully saturated rings. The maximum absolute atomic E-state index is 4.54. The molecule has 0 spiro atoms. The fourth-order valence-electron chi connectivity index (χ4n) is 2.18. The lowest BCUT2D eigenvalue weighted by molar-refractivity contribution is 0.517. The first kappa shape index (κ1) is 14.1. The van der Waals surface area contributed by atoms with Gasteiger partial charge in [0.15, 0.2) is 5.13 Å². The van der Waals surface area contributed by atoms with Crippen molar-refractivity contribution in [1.82, 2.24) is 4.98 Å². The van der Waals surface area contributed by atoms with Crippen LogP contribution in [-0.2, 0) is 0 Å². The van der Waals surface area contributed by atoms with Gasteiger partial charge in [0, 0.05) is 17.3 Å². The van der Waals surface area contributed by atoms with Crippen LogP contribution < -0.4 is 5.32 Å². The van der Waals surface area contributed by atoms with Gasteiger partial charge in [0.05, 0.1) is 5.69 Å². The van der Waals surface area contributed by atoms with E-state index in [4.69, 9.17) is 0 Å². The molecule has 2 rings (SSSR count). The fraction of sp³-hybridized carbons (Fsp3) is 0.438. The van der Waals surface area contributed by atoms with E-state index in [2.05, 4.69) is 68.3 Å². The first-order valence-electron chi connectivity index (χ1n) is 6.80. The molecule has 2 aromatic rings. The molecule has 0 saturated heterocycles. The minimum absolute atomic E-state index is 0.519. The van der Waals surface area contributed by atoms with Crippen LogP contribution in [0.5, 0.6) is 0 Å². The highest BCUT2D eigenvalue weighted by atomic mass is 32.1. The number of thiazole rings is 1. The van der Waals surface area contributed by atoms with Gasteiger partial charge in [-0.3, -0.25) is 0 Å². The summed E-state index contributed by atoms with van der Waals surface area (Å²) in [5.74, 6) is 1.13. The minimum atomic E-state index is 0.519. The number of aryl methyl sites for hydroxylation is 2. The molecule has 0 bridgehead atoms. The first-order valence-corrected chi connectivity index (χ1v) is 7.62. The molecule has 1 aromatic carbocycles. The summed E-state index contributed by atoms with van der Waals surface area (Å²) < 4.78 is 0. The number of rotatable bonds is 5. The Morgan fingerprint density at radius 3 is 2.37 bits per heavy atom. The highest BCUT2D eigenvalue weighted by Crippen LogP contribution is 2.26. The molecule has 0 saturated carbocycles. The van der Waals surface area contributed by atoms with E-state index < -0.39 is 0 Å². The summed E-state index contributed by atoms with van der Waals surface area (Å²) >= 11 is 1.74. The zero-order valence-corrected chi connectivity index (χ0v) is 12.9. The van der Waals surface area contributed by atoms with Crippen molar-refractivity contribution in [2.75, 3.05) is 11.9 Å². The molecule has 3 heteroatoms. The molecule has 1 heterocycles. The Kier molecular flexibility index (Phi) is 4.59. The third-order valence-electron chi connectivity index (χ3n) is 3.53. The molecule has 1 unspecified atom stereocenters. The lowest BCUT2D eigenvalue weighted by Gasteiger charge is -2.21. The molecule has 1 aromatic heterocycles. The molecule has 102 valence electrons. The maximum Gasteiger partial charge on any atom is 0.183 e. The second kappa shape index (κ2) is 6.20. The minimum Gasteiger partial charge on any atom is -0.361 e. The summed E-state index contributed by atoms with van der Waals surface area (Å²) in [5.41, 5.74) is 2.53. The molecular weight excluding hydrogens is 252 g/mol. The number of hydrogen-bond donors (Lipinski definition) is 1. The molecule has 19 heavy (non-hydrogen) atoms. The number of aromatic nitrogens is 1. The largest absolute Gasteiger partial charge is 0.361 e. The Hall–Kier alpha value is -1.35. The van der Waals surface area contributed by atoms with Crippen molar-refractivity contribution in [2.24, 2.45) is 5.92 Å². The smallest absolute Gasteiger partial charge is 0.183 e. The molecule has 0 aliphatic rings. The van der Waals surface area contributed by atoms with Crippen LogP contribution >= 0.6 is 11.3 Å². The Labute approximate surface area is 119 Å². The van der Waals surface area contributed by atoms with Gasteiger partial charge in [0.1, 0.15) is 0 Å². The lowest BCUT2D eigenvalue weighted by Crippen LogP contribution is -2.17. The molecular formula is C16H22N2S. The molecule has 0 aliphatic carbocycles. The van der Waals surface area contributed by atoms with Crippen molar-refractivity contribution < 1.29 is 0 Å². The van der Waals surface area contributed by atoms with Crippen LogP contribution in [0.1, 0.15) is 35.9 Å². The number of nitrogens with one attached hydrogen (secondary N) is 1. The highest BCUT2D eigenvalue weighted by Gasteiger charge is 2.16. The average Bonchev–Trinajstić information content (AvgIpc) is 2.70. The van der Waals surface area contributed by atoms with Crippen LogP contribution in [0.25, 0.3) is 0 Å². The predicted octanol–water partition coefficient (Wildman–Crippen LogP) is 4.61. The fourth-order valence-corrected chi connectivity index (χ4v) is 3.01. The monoisotopic (exact) mass is 274 g/mol. The van der Waals surface area contributed by atoms with Gasteiger partial charge in [-0.2, -0.15) is 0 Å². The van der Waals surface area contributed by atoms with E-state index in [-0.39, 0.29) is 0 Å². The van der Waals surface area contributed by atoms with Crippen molar-refractivity contribution in [3.8, 4) is 0 Å². The van der Waals surface area contributed by atoms with Crippen molar-refractivity contribution in [3.63, 3.8) is 0 Å². The molecule has 0 radical (unpaired) electrons. The van der Waals surface area contributed by atoms with Gasteiger partial charge in [0.2, 0.25) is 0 Å². The summed E-state index contributed by atoms with van der Waals surface area (Å²) in [6.45, 7) is 9.67. The van der Waals surface area contributed by atoms with Crippen LogP contribution in [0.4, 0.5) is 5.13 Å². The van der Waals surface area contributed by atoms with Crippen LogP contribution in [0.2, 0.25) is 0 Å². The third kappa shape index (κ3) is 3.57. The number of anilines is 1. The highest BCUT2D eigenvalue weighted by molar-refractivity contribution is 7.15. The summed E-state index contributed by atoms with van der Waals surface area (Å²) in [4.78, 5) is 5.84. The van der Waals surface area contributed by atoms with Gasteiger partial charge in [-0.05, 0) is 25.3 Å². The molecule has 2 nitrogen and oxygen atoms in total. The second-order valence-electron chi connectivity index (χ2n) is 5.30. The van der Waals surface area contributed by atoms with E-state index in [0.29, 0.717) is 11.8 Å². The summed E-state index contributed by atoms with van der Waals surface area (Å²) in [5, 5.41) is 4.53. The SMILES string of the molecule is Cc1nc(NCC(c2ccccc2)C(C)C)sc1C. The Morgan fingerprint density at radius 2 is 1.84 bits per heavy atom. The lowest BCUT2D eigenvalue weighted by atomic mass is 9.88. The van der Waals surface area contributed by atoms with Gasteiger partial charge in [-0.15, -0.1) is 11.3 Å². The number of nitrogens with zero attached hydrogens (tertiary/aromatic N) is 1. The van der Waals surface area contributed by atoms with Gasteiger partial charge < -0.3 is 5.32 Å². The standard InChI is InChI=1S/C16H22N2S/c1-11(2)15(14-8-6-5-7-9-14)10-17-16-18-12(3)13(4)19-16/h5-9,11,15H,10H2,1-4H3,(H,17,18). The number of benzene rings is 1. The normalized spacial score (nSPS) is 12.7. The van der Waals surface area contributed by atoms with Crippen molar-refractivity contribution in [1.29, 1.82) is 0 Å². The maximum atomic E-state index is 4.54. The Morgan fingerprint density at radius 1 is 1.16 bits per heavy atom. The Bertz CT molecular complexity index is 497. The van der Waals surface area contributed by atoms with Gasteiger partial charge >= 0.3 is 0 Å². The molecule has 0 amide bonds. The van der Waals surface area contributed by atoms with E-state index in [1.807, 2.05) is 0 Å². The molecule has 1 atom stereocenters. The summed E-state index contributed by atoms with van der Waals surface area (Å²) in [7, 11) is 0. The van der Waals surface area contributed by atoms with E-state index in [1.54, 1.807) is 11.3 Å². The van der Waals surface area contributed by atoms with Crippen molar-refractivity contribution in [2.45, 2.75) is 33.6 Å². The number of hydrogen-bond acceptors (Lipinski definition) is 3. The third-order valence-corrected chi connectivity index (χ3v) is 4.56. The van der Waals surface area contributed by atoms with Crippen molar-refractivity contribution in [3.05, 3.63) is 46.5 Å². The Balaban J connectivity index is 2.06. The van der Waals surface area contributed by atoms with Crippen molar-refractivity contribution >= 4 is 16.5 Å². The zero-order chi connectivity index (χ0) is 13.8. The quantitative estimate of drug-likeness (QED) is 0.861. The molecule has 0 aliphatic heterocycles. The first-order chi connectivity index (χ1) is 9.08. The summed E-state index contributed by atoms with van der Waals surface area (Å²) in [6.07, 6.45) is 0. The molecule has 1 N–H and O–H groups in total. The average molecular weight is 274 g/mol. The zero-order valence-electron chi connectivity index (χ0n) is 12.1. The van der Waals surface area contributed by atoms with E-state index >= 15 is 0 Å². The van der Waals surface area contributed by atoms with E-state index in [0.717, 1.165) is 17.4 Å². The van der Waals surface area contributed by atoms with Crippen LogP contribution in [0.15, 0.2) is 30.3 Å². The second-order valence-corrected chi connectivity index (χ2v) is 6.51. The van der Waals surface area contributed by atoms with Gasteiger partial charge in [-0.1, -0.05) is 44.2 Å². The van der Waals surface area contributed by atoms with Gasteiger partial charge in [0.25, 0.3) is 0 Å². The van der Waals surface area contributed by atoms with Crippen LogP contribution in [0, 0.1) is 19.8 Å². The van der Waals surface area contributed by atoms with E-state index in [9.17, 15) is 0 Å². The predicted molar refractivity (Wildman–Crippen MR) is 84.1 cm³/mol.